The molecule has 2 aromatic carbocycles. The van der Waals surface area contributed by atoms with Crippen molar-refractivity contribution in [3.05, 3.63) is 82.0 Å². The maximum atomic E-state index is 12.7. The molecule has 0 aliphatic heterocycles. The van der Waals surface area contributed by atoms with Crippen LogP contribution in [0.2, 0.25) is 0 Å². The van der Waals surface area contributed by atoms with E-state index in [1.54, 1.807) is 23.1 Å². The lowest BCUT2D eigenvalue weighted by molar-refractivity contribution is 0.0951. The van der Waals surface area contributed by atoms with Crippen LogP contribution in [0.3, 0.4) is 0 Å². The molecule has 0 aliphatic carbocycles. The van der Waals surface area contributed by atoms with Crippen LogP contribution in [0.25, 0.3) is 0 Å². The minimum Gasteiger partial charge on any atom is -0.491 e. The highest BCUT2D eigenvalue weighted by atomic mass is 32.2. The molecule has 0 unspecified atom stereocenters. The van der Waals surface area contributed by atoms with Gasteiger partial charge in [0.2, 0.25) is 0 Å². The molecule has 0 fully saturated rings. The molecule has 1 N–H and O–H groups in total. The van der Waals surface area contributed by atoms with Gasteiger partial charge in [-0.15, -0.1) is 23.1 Å². The van der Waals surface area contributed by atoms with Gasteiger partial charge < -0.3 is 10.1 Å². The molecular formula is C23H25NO2S2. The Labute approximate surface area is 175 Å². The number of hydrogen-bond donors (Lipinski definition) is 1. The standard InChI is InChI=1S/C23H25NO2S2/c1-17(2)26-19-11-9-18(10-12-19)13-14-24-23(25)21-7-3-4-8-22(21)28-16-20-6-5-15-27-20/h3-12,15,17H,13-14,16H2,1-2H3,(H,24,25). The smallest absolute Gasteiger partial charge is 0.252 e. The van der Waals surface area contributed by atoms with Crippen LogP contribution < -0.4 is 10.1 Å². The predicted octanol–water partition coefficient (Wildman–Crippen LogP) is 5.80. The Bertz CT molecular complexity index is 874. The van der Waals surface area contributed by atoms with Crippen LogP contribution in [-0.4, -0.2) is 18.6 Å². The second-order valence-corrected chi connectivity index (χ2v) is 8.73. The van der Waals surface area contributed by atoms with Gasteiger partial charge in [-0.25, -0.2) is 0 Å². The number of nitrogens with one attached hydrogen (secondary N) is 1. The summed E-state index contributed by atoms with van der Waals surface area (Å²) in [6.07, 6.45) is 0.959. The topological polar surface area (TPSA) is 38.3 Å². The first kappa shape index (κ1) is 20.5. The molecule has 1 heterocycles. The van der Waals surface area contributed by atoms with E-state index in [0.717, 1.165) is 28.4 Å². The average molecular weight is 412 g/mol. The van der Waals surface area contributed by atoms with Crippen molar-refractivity contribution in [1.29, 1.82) is 0 Å². The second-order valence-electron chi connectivity index (χ2n) is 6.68. The van der Waals surface area contributed by atoms with Gasteiger partial charge in [0.1, 0.15) is 5.75 Å². The van der Waals surface area contributed by atoms with Crippen LogP contribution >= 0.6 is 23.1 Å². The fraction of sp³-hybridized carbons (Fsp3) is 0.261. The first-order valence-corrected chi connectivity index (χ1v) is 11.3. The van der Waals surface area contributed by atoms with Crippen LogP contribution in [0.1, 0.15) is 34.6 Å². The number of carbonyl (C=O) groups is 1. The third kappa shape index (κ3) is 6.14. The van der Waals surface area contributed by atoms with Crippen molar-refractivity contribution in [1.82, 2.24) is 5.32 Å². The molecule has 3 nitrogen and oxygen atoms in total. The van der Waals surface area contributed by atoms with Crippen LogP contribution in [-0.2, 0) is 12.2 Å². The Kier molecular flexibility index (Phi) is 7.57. The summed E-state index contributed by atoms with van der Waals surface area (Å²) < 4.78 is 5.66. The maximum absolute atomic E-state index is 12.7. The van der Waals surface area contributed by atoms with E-state index in [9.17, 15) is 4.79 Å². The molecule has 1 amide bonds. The molecule has 3 aromatic rings. The third-order valence-electron chi connectivity index (χ3n) is 4.08. The summed E-state index contributed by atoms with van der Waals surface area (Å²) in [7, 11) is 0. The number of amides is 1. The van der Waals surface area contributed by atoms with Gasteiger partial charge >= 0.3 is 0 Å². The summed E-state index contributed by atoms with van der Waals surface area (Å²) in [4.78, 5) is 15.0. The van der Waals surface area contributed by atoms with Crippen molar-refractivity contribution < 1.29 is 9.53 Å². The van der Waals surface area contributed by atoms with Gasteiger partial charge in [-0.05, 0) is 61.5 Å². The second kappa shape index (κ2) is 10.3. The monoisotopic (exact) mass is 411 g/mol. The SMILES string of the molecule is CC(C)Oc1ccc(CCNC(=O)c2ccccc2SCc2cccs2)cc1. The zero-order valence-corrected chi connectivity index (χ0v) is 17.8. The Hall–Kier alpha value is -2.24. The van der Waals surface area contributed by atoms with E-state index in [4.69, 9.17) is 4.74 Å². The number of thiophene rings is 1. The molecule has 3 rings (SSSR count). The van der Waals surface area contributed by atoms with Crippen LogP contribution in [0, 0.1) is 0 Å². The number of benzene rings is 2. The van der Waals surface area contributed by atoms with Crippen LogP contribution in [0.5, 0.6) is 5.75 Å². The largest absolute Gasteiger partial charge is 0.491 e. The fourth-order valence-corrected chi connectivity index (χ4v) is 4.57. The molecule has 0 bridgehead atoms. The maximum Gasteiger partial charge on any atom is 0.252 e. The number of hydrogen-bond acceptors (Lipinski definition) is 4. The Morgan fingerprint density at radius 3 is 2.57 bits per heavy atom. The van der Waals surface area contributed by atoms with Gasteiger partial charge in [0.05, 0.1) is 11.7 Å². The van der Waals surface area contributed by atoms with E-state index >= 15 is 0 Å². The summed E-state index contributed by atoms with van der Waals surface area (Å²) in [5.74, 6) is 1.74. The molecule has 0 radical (unpaired) electrons. The van der Waals surface area contributed by atoms with Crippen molar-refractivity contribution in [2.24, 2.45) is 0 Å². The van der Waals surface area contributed by atoms with E-state index < -0.39 is 0 Å². The molecule has 5 heteroatoms. The summed E-state index contributed by atoms with van der Waals surface area (Å²) in [5.41, 5.74) is 1.92. The summed E-state index contributed by atoms with van der Waals surface area (Å²) in [6.45, 7) is 4.63. The van der Waals surface area contributed by atoms with E-state index in [1.807, 2.05) is 50.2 Å². The molecular weight excluding hydrogens is 386 g/mol. The normalized spacial score (nSPS) is 10.8. The Morgan fingerprint density at radius 2 is 1.86 bits per heavy atom. The number of ether oxygens (including phenoxy) is 1. The Balaban J connectivity index is 1.52. The van der Waals surface area contributed by atoms with Gasteiger partial charge in [0, 0.05) is 22.1 Å². The highest BCUT2D eigenvalue weighted by molar-refractivity contribution is 7.98. The van der Waals surface area contributed by atoms with Gasteiger partial charge in [0.25, 0.3) is 5.91 Å². The lowest BCUT2D eigenvalue weighted by atomic mass is 10.1. The zero-order chi connectivity index (χ0) is 19.8. The summed E-state index contributed by atoms with van der Waals surface area (Å²) >= 11 is 3.45. The number of rotatable bonds is 9. The molecule has 0 atom stereocenters. The third-order valence-corrected chi connectivity index (χ3v) is 6.26. The minimum absolute atomic E-state index is 0.0194. The van der Waals surface area contributed by atoms with Crippen molar-refractivity contribution in [2.45, 2.75) is 37.0 Å². The lowest BCUT2D eigenvalue weighted by Gasteiger charge is -2.11. The molecule has 1 aromatic heterocycles. The molecule has 146 valence electrons. The first-order valence-electron chi connectivity index (χ1n) is 9.40. The van der Waals surface area contributed by atoms with Crippen molar-refractivity contribution in [3.63, 3.8) is 0 Å². The van der Waals surface area contributed by atoms with Crippen LogP contribution in [0.15, 0.2) is 70.9 Å². The highest BCUT2D eigenvalue weighted by Crippen LogP contribution is 2.28. The van der Waals surface area contributed by atoms with Gasteiger partial charge in [-0.3, -0.25) is 4.79 Å². The first-order chi connectivity index (χ1) is 13.6. The average Bonchev–Trinajstić information content (AvgIpc) is 3.21. The minimum atomic E-state index is -0.0194. The van der Waals surface area contributed by atoms with Crippen molar-refractivity contribution in [2.75, 3.05) is 6.54 Å². The zero-order valence-electron chi connectivity index (χ0n) is 16.2. The van der Waals surface area contributed by atoms with Gasteiger partial charge in [0.15, 0.2) is 0 Å². The van der Waals surface area contributed by atoms with Crippen LogP contribution in [0.4, 0.5) is 0 Å². The number of thioether (sulfide) groups is 1. The molecule has 28 heavy (non-hydrogen) atoms. The fourth-order valence-electron chi connectivity index (χ4n) is 2.75. The Morgan fingerprint density at radius 1 is 1.07 bits per heavy atom. The predicted molar refractivity (Wildman–Crippen MR) is 119 cm³/mol. The van der Waals surface area contributed by atoms with Crippen molar-refractivity contribution in [3.8, 4) is 5.75 Å². The summed E-state index contributed by atoms with van der Waals surface area (Å²) in [5, 5.41) is 5.13. The van der Waals surface area contributed by atoms with E-state index in [1.165, 1.54) is 10.4 Å². The van der Waals surface area contributed by atoms with E-state index in [2.05, 4.69) is 35.0 Å². The van der Waals surface area contributed by atoms with Gasteiger partial charge in [-0.1, -0.05) is 30.3 Å². The lowest BCUT2D eigenvalue weighted by Crippen LogP contribution is -2.26. The van der Waals surface area contributed by atoms with Gasteiger partial charge in [-0.2, -0.15) is 0 Å². The molecule has 0 saturated carbocycles. The quantitative estimate of drug-likeness (QED) is 0.452. The van der Waals surface area contributed by atoms with Crippen molar-refractivity contribution >= 4 is 29.0 Å². The molecule has 0 aliphatic rings. The van der Waals surface area contributed by atoms with E-state index in [-0.39, 0.29) is 12.0 Å². The van der Waals surface area contributed by atoms with E-state index in [0.29, 0.717) is 6.54 Å². The highest BCUT2D eigenvalue weighted by Gasteiger charge is 2.11. The molecule has 0 spiro atoms. The number of carbonyl (C=O) groups excluding carboxylic acids is 1. The summed E-state index contributed by atoms with van der Waals surface area (Å²) in [6, 6.07) is 20.0. The molecule has 0 saturated heterocycles.